The number of hydrogen-bond donors (Lipinski definition) is 2. The average Bonchev–Trinajstić information content (AvgIpc) is 3.17. The number of carbonyl (C=O) groups is 1. The van der Waals surface area contributed by atoms with E-state index in [1.165, 1.54) is 25.7 Å². The number of rotatable bonds is 4. The molecule has 0 unspecified atom stereocenters. The van der Waals surface area contributed by atoms with Gasteiger partial charge < -0.3 is 5.32 Å². The number of amides is 1. The quantitative estimate of drug-likeness (QED) is 0.787. The van der Waals surface area contributed by atoms with Crippen LogP contribution in [0.3, 0.4) is 0 Å². The third-order valence-corrected chi connectivity index (χ3v) is 4.36. The molecule has 17 heavy (non-hydrogen) atoms. The highest BCUT2D eigenvalue weighted by Crippen LogP contribution is 2.60. The minimum Gasteiger partial charge on any atom is -0.351 e. The maximum Gasteiger partial charge on any atom is 0.251 e. The van der Waals surface area contributed by atoms with Crippen LogP contribution >= 0.6 is 12.6 Å². The minimum absolute atomic E-state index is 0.0465. The van der Waals surface area contributed by atoms with Gasteiger partial charge in [-0.15, -0.1) is 12.6 Å². The second-order valence-electron chi connectivity index (χ2n) is 5.37. The Morgan fingerprint density at radius 2 is 1.94 bits per heavy atom. The highest BCUT2D eigenvalue weighted by molar-refractivity contribution is 7.80. The van der Waals surface area contributed by atoms with E-state index in [1.54, 1.807) is 0 Å². The van der Waals surface area contributed by atoms with E-state index < -0.39 is 0 Å². The zero-order valence-electron chi connectivity index (χ0n) is 9.78. The van der Waals surface area contributed by atoms with E-state index in [9.17, 15) is 4.79 Å². The molecule has 0 aliphatic heterocycles. The Kier molecular flexibility index (Phi) is 2.66. The lowest BCUT2D eigenvalue weighted by molar-refractivity contribution is 0.0942. The van der Waals surface area contributed by atoms with E-state index in [4.69, 9.17) is 0 Å². The van der Waals surface area contributed by atoms with Crippen LogP contribution in [0.5, 0.6) is 0 Å². The molecule has 2 fully saturated rings. The summed E-state index contributed by atoms with van der Waals surface area (Å²) < 4.78 is 0. The zero-order valence-corrected chi connectivity index (χ0v) is 10.7. The van der Waals surface area contributed by atoms with Crippen molar-refractivity contribution in [3.8, 4) is 0 Å². The van der Waals surface area contributed by atoms with Gasteiger partial charge in [-0.1, -0.05) is 0 Å². The summed E-state index contributed by atoms with van der Waals surface area (Å²) in [6, 6.07) is 7.36. The maximum absolute atomic E-state index is 11.9. The van der Waals surface area contributed by atoms with Crippen LogP contribution in [0.15, 0.2) is 29.2 Å². The van der Waals surface area contributed by atoms with Gasteiger partial charge in [0.15, 0.2) is 0 Å². The molecule has 0 radical (unpaired) electrons. The molecule has 3 rings (SSSR count). The van der Waals surface area contributed by atoms with Crippen molar-refractivity contribution in [1.82, 2.24) is 5.32 Å². The van der Waals surface area contributed by atoms with Gasteiger partial charge in [-0.25, -0.2) is 0 Å². The summed E-state index contributed by atoms with van der Waals surface area (Å²) in [7, 11) is 0. The van der Waals surface area contributed by atoms with Crippen LogP contribution < -0.4 is 5.32 Å². The molecule has 3 heteroatoms. The predicted molar refractivity (Wildman–Crippen MR) is 70.4 cm³/mol. The molecule has 2 nitrogen and oxygen atoms in total. The standard InChI is InChI=1S/C14H17NOS/c16-13(10-1-5-12(17)6-2-10)15-9-14(7-8-14)11-3-4-11/h1-2,5-6,11,17H,3-4,7-9H2,(H,15,16). The van der Waals surface area contributed by atoms with Crippen molar-refractivity contribution in [2.24, 2.45) is 11.3 Å². The molecule has 2 aliphatic rings. The van der Waals surface area contributed by atoms with Crippen molar-refractivity contribution in [3.63, 3.8) is 0 Å². The first-order valence-electron chi connectivity index (χ1n) is 6.27. The van der Waals surface area contributed by atoms with Gasteiger partial charge in [0.2, 0.25) is 0 Å². The zero-order chi connectivity index (χ0) is 11.9. The van der Waals surface area contributed by atoms with Gasteiger partial charge >= 0.3 is 0 Å². The first-order chi connectivity index (χ1) is 8.20. The van der Waals surface area contributed by atoms with Crippen molar-refractivity contribution in [2.45, 2.75) is 30.6 Å². The summed E-state index contributed by atoms with van der Waals surface area (Å²) in [6.45, 7) is 0.860. The monoisotopic (exact) mass is 247 g/mol. The van der Waals surface area contributed by atoms with E-state index in [2.05, 4.69) is 17.9 Å². The predicted octanol–water partition coefficient (Wildman–Crippen LogP) is 2.90. The second kappa shape index (κ2) is 4.05. The summed E-state index contributed by atoms with van der Waals surface area (Å²) in [5, 5.41) is 3.08. The van der Waals surface area contributed by atoms with Crippen LogP contribution in [0.4, 0.5) is 0 Å². The fourth-order valence-electron chi connectivity index (χ4n) is 2.56. The van der Waals surface area contributed by atoms with Crippen LogP contribution in [-0.4, -0.2) is 12.5 Å². The van der Waals surface area contributed by atoms with Crippen molar-refractivity contribution in [3.05, 3.63) is 29.8 Å². The average molecular weight is 247 g/mol. The van der Waals surface area contributed by atoms with Crippen molar-refractivity contribution < 1.29 is 4.79 Å². The van der Waals surface area contributed by atoms with E-state index >= 15 is 0 Å². The highest BCUT2D eigenvalue weighted by atomic mass is 32.1. The van der Waals surface area contributed by atoms with E-state index in [-0.39, 0.29) is 5.91 Å². The third kappa shape index (κ3) is 2.34. The maximum atomic E-state index is 11.9. The lowest BCUT2D eigenvalue weighted by atomic mass is 10.0. The Labute approximate surface area is 107 Å². The molecule has 1 aromatic carbocycles. The van der Waals surface area contributed by atoms with Crippen LogP contribution in [0.1, 0.15) is 36.0 Å². The largest absolute Gasteiger partial charge is 0.351 e. The number of thiol groups is 1. The molecule has 1 aromatic rings. The van der Waals surface area contributed by atoms with Crippen LogP contribution in [-0.2, 0) is 0 Å². The van der Waals surface area contributed by atoms with Gasteiger partial charge in [-0.05, 0) is 61.3 Å². The van der Waals surface area contributed by atoms with E-state index in [0.717, 1.165) is 22.9 Å². The van der Waals surface area contributed by atoms with Crippen LogP contribution in [0.2, 0.25) is 0 Å². The second-order valence-corrected chi connectivity index (χ2v) is 5.88. The fourth-order valence-corrected chi connectivity index (χ4v) is 2.71. The Hall–Kier alpha value is -0.960. The molecule has 0 spiro atoms. The number of carbonyl (C=O) groups excluding carboxylic acids is 1. The Balaban J connectivity index is 1.58. The number of benzene rings is 1. The Bertz CT molecular complexity index is 432. The first-order valence-corrected chi connectivity index (χ1v) is 6.72. The molecule has 0 heterocycles. The third-order valence-electron chi connectivity index (χ3n) is 4.07. The SMILES string of the molecule is O=C(NCC1(C2CC2)CC1)c1ccc(S)cc1. The van der Waals surface area contributed by atoms with Gasteiger partial charge in [0, 0.05) is 17.0 Å². The molecule has 0 aromatic heterocycles. The van der Waals surface area contributed by atoms with Crippen LogP contribution in [0.25, 0.3) is 0 Å². The molecule has 90 valence electrons. The van der Waals surface area contributed by atoms with E-state index in [0.29, 0.717) is 5.41 Å². The summed E-state index contributed by atoms with van der Waals surface area (Å²) in [4.78, 5) is 12.8. The highest BCUT2D eigenvalue weighted by Gasteiger charge is 2.53. The summed E-state index contributed by atoms with van der Waals surface area (Å²) in [5.74, 6) is 0.938. The summed E-state index contributed by atoms with van der Waals surface area (Å²) >= 11 is 4.21. The molecule has 0 atom stereocenters. The fraction of sp³-hybridized carbons (Fsp3) is 0.500. The first kappa shape index (κ1) is 11.1. The molecule has 1 N–H and O–H groups in total. The summed E-state index contributed by atoms with van der Waals surface area (Å²) in [6.07, 6.45) is 5.33. The van der Waals surface area contributed by atoms with Gasteiger partial charge in [-0.3, -0.25) is 4.79 Å². The number of hydrogen-bond acceptors (Lipinski definition) is 2. The van der Waals surface area contributed by atoms with Gasteiger partial charge in [0.1, 0.15) is 0 Å². The summed E-state index contributed by atoms with van der Waals surface area (Å²) in [5.41, 5.74) is 1.20. The molecule has 0 bridgehead atoms. The van der Waals surface area contributed by atoms with Crippen molar-refractivity contribution in [1.29, 1.82) is 0 Å². The smallest absolute Gasteiger partial charge is 0.251 e. The van der Waals surface area contributed by atoms with Gasteiger partial charge in [-0.2, -0.15) is 0 Å². The van der Waals surface area contributed by atoms with Gasteiger partial charge in [0.05, 0.1) is 0 Å². The lowest BCUT2D eigenvalue weighted by Gasteiger charge is -2.14. The normalized spacial score (nSPS) is 21.0. The minimum atomic E-state index is 0.0465. The molecule has 2 aliphatic carbocycles. The molecule has 0 saturated heterocycles. The number of nitrogens with one attached hydrogen (secondary N) is 1. The molecule has 1 amide bonds. The van der Waals surface area contributed by atoms with E-state index in [1.807, 2.05) is 24.3 Å². The Morgan fingerprint density at radius 3 is 2.47 bits per heavy atom. The van der Waals surface area contributed by atoms with Crippen LogP contribution in [0, 0.1) is 11.3 Å². The van der Waals surface area contributed by atoms with Crippen molar-refractivity contribution >= 4 is 18.5 Å². The molecular weight excluding hydrogens is 230 g/mol. The molecular formula is C14H17NOS. The Morgan fingerprint density at radius 1 is 1.29 bits per heavy atom. The van der Waals surface area contributed by atoms with Crippen molar-refractivity contribution in [2.75, 3.05) is 6.54 Å². The topological polar surface area (TPSA) is 29.1 Å². The molecule has 2 saturated carbocycles. The van der Waals surface area contributed by atoms with Gasteiger partial charge in [0.25, 0.3) is 5.91 Å². The lowest BCUT2D eigenvalue weighted by Crippen LogP contribution is -2.31.